The molecule has 94 valence electrons. The summed E-state index contributed by atoms with van der Waals surface area (Å²) in [6, 6.07) is 7.56. The third-order valence-electron chi connectivity index (χ3n) is 2.24. The average Bonchev–Trinajstić information content (AvgIpc) is 2.27. The van der Waals surface area contributed by atoms with Crippen LogP contribution in [-0.4, -0.2) is 35.7 Å². The minimum absolute atomic E-state index is 0.186. The molecule has 1 unspecified atom stereocenters. The fourth-order valence-electron chi connectivity index (χ4n) is 1.39. The summed E-state index contributed by atoms with van der Waals surface area (Å²) in [6.45, 7) is 2.46. The highest BCUT2D eigenvalue weighted by Crippen LogP contribution is 2.10. The van der Waals surface area contributed by atoms with Crippen LogP contribution >= 0.6 is 15.9 Å². The van der Waals surface area contributed by atoms with Crippen LogP contribution in [0.25, 0.3) is 0 Å². The summed E-state index contributed by atoms with van der Waals surface area (Å²) in [4.78, 5) is 13.1. The van der Waals surface area contributed by atoms with Gasteiger partial charge in [0.2, 0.25) is 0 Å². The largest absolute Gasteiger partial charge is 0.392 e. The molecule has 0 aliphatic heterocycles. The quantitative estimate of drug-likeness (QED) is 0.893. The Morgan fingerprint density at radius 1 is 1.47 bits per heavy atom. The number of hydrogen-bond acceptors (Lipinski definition) is 2. The van der Waals surface area contributed by atoms with Crippen LogP contribution in [0, 0.1) is 0 Å². The van der Waals surface area contributed by atoms with Crippen LogP contribution < -0.4 is 5.32 Å². The van der Waals surface area contributed by atoms with Gasteiger partial charge in [-0.1, -0.05) is 28.1 Å². The van der Waals surface area contributed by atoms with E-state index in [0.717, 1.165) is 10.0 Å². The Morgan fingerprint density at radius 2 is 2.06 bits per heavy atom. The molecule has 0 heterocycles. The van der Waals surface area contributed by atoms with E-state index >= 15 is 0 Å². The molecule has 4 nitrogen and oxygen atoms in total. The van der Waals surface area contributed by atoms with Crippen molar-refractivity contribution in [3.05, 3.63) is 34.3 Å². The van der Waals surface area contributed by atoms with E-state index in [0.29, 0.717) is 13.1 Å². The summed E-state index contributed by atoms with van der Waals surface area (Å²) in [6.07, 6.45) is -0.515. The SMILES string of the molecule is CC(O)CN(C)C(=O)NCc1ccc(Br)cc1. The molecule has 1 aromatic carbocycles. The molecule has 0 spiro atoms. The monoisotopic (exact) mass is 300 g/mol. The van der Waals surface area contributed by atoms with Gasteiger partial charge >= 0.3 is 6.03 Å². The Balaban J connectivity index is 2.40. The highest BCUT2D eigenvalue weighted by atomic mass is 79.9. The number of halogens is 1. The molecule has 1 aromatic rings. The molecule has 5 heteroatoms. The fourth-order valence-corrected chi connectivity index (χ4v) is 1.66. The lowest BCUT2D eigenvalue weighted by Gasteiger charge is -2.19. The summed E-state index contributed by atoms with van der Waals surface area (Å²) < 4.78 is 1.01. The molecule has 17 heavy (non-hydrogen) atoms. The van der Waals surface area contributed by atoms with Crippen LogP contribution in [0.4, 0.5) is 4.79 Å². The predicted octanol–water partition coefficient (Wildman–Crippen LogP) is 1.97. The van der Waals surface area contributed by atoms with E-state index in [1.807, 2.05) is 24.3 Å². The standard InChI is InChI=1S/C12H17BrN2O2/c1-9(16)8-15(2)12(17)14-7-10-3-5-11(13)6-4-10/h3-6,9,16H,7-8H2,1-2H3,(H,14,17). The lowest BCUT2D eigenvalue weighted by Crippen LogP contribution is -2.40. The van der Waals surface area contributed by atoms with Crippen LogP contribution in [-0.2, 0) is 6.54 Å². The second-order valence-electron chi connectivity index (χ2n) is 4.01. The number of carbonyl (C=O) groups excluding carboxylic acids is 1. The number of nitrogens with zero attached hydrogens (tertiary/aromatic N) is 1. The Bertz CT molecular complexity index is 365. The van der Waals surface area contributed by atoms with Crippen molar-refractivity contribution >= 4 is 22.0 Å². The zero-order valence-corrected chi connectivity index (χ0v) is 11.6. The van der Waals surface area contributed by atoms with Crippen LogP contribution in [0.1, 0.15) is 12.5 Å². The number of urea groups is 1. The Morgan fingerprint density at radius 3 is 2.59 bits per heavy atom. The van der Waals surface area contributed by atoms with Gasteiger partial charge in [-0.25, -0.2) is 4.79 Å². The number of aliphatic hydroxyl groups excluding tert-OH is 1. The average molecular weight is 301 g/mol. The fraction of sp³-hybridized carbons (Fsp3) is 0.417. The minimum atomic E-state index is -0.515. The lowest BCUT2D eigenvalue weighted by atomic mass is 10.2. The first kappa shape index (κ1) is 14.0. The predicted molar refractivity (Wildman–Crippen MR) is 70.7 cm³/mol. The molecule has 0 aliphatic rings. The van der Waals surface area contributed by atoms with Gasteiger partial charge in [0.05, 0.1) is 6.10 Å². The number of carbonyl (C=O) groups is 1. The van der Waals surface area contributed by atoms with Gasteiger partial charge in [-0.2, -0.15) is 0 Å². The number of rotatable bonds is 4. The number of benzene rings is 1. The molecule has 0 fully saturated rings. The number of aliphatic hydroxyl groups is 1. The van der Waals surface area contributed by atoms with Gasteiger partial charge in [0, 0.05) is 24.6 Å². The van der Waals surface area contributed by atoms with Gasteiger partial charge in [0.15, 0.2) is 0 Å². The summed E-state index contributed by atoms with van der Waals surface area (Å²) in [5.41, 5.74) is 1.03. The molecular formula is C12H17BrN2O2. The minimum Gasteiger partial charge on any atom is -0.392 e. The van der Waals surface area contributed by atoms with Gasteiger partial charge in [0.1, 0.15) is 0 Å². The van der Waals surface area contributed by atoms with Crippen molar-refractivity contribution in [1.29, 1.82) is 0 Å². The molecule has 0 saturated heterocycles. The van der Waals surface area contributed by atoms with Gasteiger partial charge < -0.3 is 15.3 Å². The number of nitrogens with one attached hydrogen (secondary N) is 1. The van der Waals surface area contributed by atoms with E-state index in [2.05, 4.69) is 21.2 Å². The van der Waals surface area contributed by atoms with Crippen molar-refractivity contribution in [3.8, 4) is 0 Å². The summed E-state index contributed by atoms with van der Waals surface area (Å²) >= 11 is 3.35. The summed E-state index contributed by atoms with van der Waals surface area (Å²) in [7, 11) is 1.66. The van der Waals surface area contributed by atoms with Crippen molar-refractivity contribution in [2.75, 3.05) is 13.6 Å². The van der Waals surface area contributed by atoms with Gasteiger partial charge in [-0.3, -0.25) is 0 Å². The highest BCUT2D eigenvalue weighted by molar-refractivity contribution is 9.10. The smallest absolute Gasteiger partial charge is 0.317 e. The molecule has 1 atom stereocenters. The third kappa shape index (κ3) is 5.19. The molecule has 0 bridgehead atoms. The molecular weight excluding hydrogens is 284 g/mol. The topological polar surface area (TPSA) is 52.6 Å². The second-order valence-corrected chi connectivity index (χ2v) is 4.93. The Labute approximate surface area is 110 Å². The molecule has 0 aliphatic carbocycles. The van der Waals surface area contributed by atoms with Crippen molar-refractivity contribution in [2.24, 2.45) is 0 Å². The van der Waals surface area contributed by atoms with Crippen molar-refractivity contribution in [3.63, 3.8) is 0 Å². The first-order valence-electron chi connectivity index (χ1n) is 5.40. The Kier molecular flexibility index (Phi) is 5.44. The maximum Gasteiger partial charge on any atom is 0.317 e. The second kappa shape index (κ2) is 6.61. The van der Waals surface area contributed by atoms with E-state index in [1.165, 1.54) is 4.90 Å². The van der Waals surface area contributed by atoms with E-state index in [9.17, 15) is 4.79 Å². The maximum absolute atomic E-state index is 11.6. The number of likely N-dealkylation sites (N-methyl/N-ethyl adjacent to an activating group) is 1. The molecule has 0 saturated carbocycles. The van der Waals surface area contributed by atoms with Crippen molar-refractivity contribution in [2.45, 2.75) is 19.6 Å². The molecule has 2 N–H and O–H groups in total. The maximum atomic E-state index is 11.6. The Hall–Kier alpha value is -1.07. The van der Waals surface area contributed by atoms with Gasteiger partial charge in [0.25, 0.3) is 0 Å². The molecule has 1 rings (SSSR count). The first-order chi connectivity index (χ1) is 7.99. The number of amides is 2. The number of hydrogen-bond donors (Lipinski definition) is 2. The zero-order chi connectivity index (χ0) is 12.8. The molecule has 0 radical (unpaired) electrons. The zero-order valence-electron chi connectivity index (χ0n) is 9.98. The van der Waals surface area contributed by atoms with Gasteiger partial charge in [-0.05, 0) is 24.6 Å². The van der Waals surface area contributed by atoms with Crippen LogP contribution in [0.5, 0.6) is 0 Å². The van der Waals surface area contributed by atoms with E-state index in [4.69, 9.17) is 5.11 Å². The molecule has 2 amide bonds. The first-order valence-corrected chi connectivity index (χ1v) is 6.20. The summed E-state index contributed by atoms with van der Waals surface area (Å²) in [5.74, 6) is 0. The van der Waals surface area contributed by atoms with E-state index < -0.39 is 6.10 Å². The van der Waals surface area contributed by atoms with Crippen LogP contribution in [0.15, 0.2) is 28.7 Å². The molecule has 0 aromatic heterocycles. The highest BCUT2D eigenvalue weighted by Gasteiger charge is 2.09. The van der Waals surface area contributed by atoms with Crippen LogP contribution in [0.2, 0.25) is 0 Å². The normalized spacial score (nSPS) is 12.0. The van der Waals surface area contributed by atoms with E-state index in [-0.39, 0.29) is 6.03 Å². The lowest BCUT2D eigenvalue weighted by molar-refractivity contribution is 0.143. The summed E-state index contributed by atoms with van der Waals surface area (Å²) in [5, 5.41) is 11.9. The van der Waals surface area contributed by atoms with Crippen molar-refractivity contribution < 1.29 is 9.90 Å². The van der Waals surface area contributed by atoms with Crippen molar-refractivity contribution in [1.82, 2.24) is 10.2 Å². The van der Waals surface area contributed by atoms with E-state index in [1.54, 1.807) is 14.0 Å². The third-order valence-corrected chi connectivity index (χ3v) is 2.77. The van der Waals surface area contributed by atoms with Crippen LogP contribution in [0.3, 0.4) is 0 Å². The van der Waals surface area contributed by atoms with Gasteiger partial charge in [-0.15, -0.1) is 0 Å².